The second-order valence-electron chi connectivity index (χ2n) is 9.15. The van der Waals surface area contributed by atoms with E-state index in [0.29, 0.717) is 16.8 Å². The standard InChI is InChI=1S/C26H26Cl2N2O4S/c1-26(2,3)19-10-8-17(9-11-19)25(32)18-6-5-7-21(14-18)29-24(31)16-30(35(4,33)34)23-15-20(27)12-13-22(23)28/h5-15H,16H2,1-4H3,(H,29,31). The van der Waals surface area contributed by atoms with Crippen LogP contribution in [0.2, 0.25) is 10.0 Å². The molecule has 0 aliphatic heterocycles. The van der Waals surface area contributed by atoms with Crippen molar-refractivity contribution in [2.24, 2.45) is 0 Å². The van der Waals surface area contributed by atoms with E-state index in [1.807, 2.05) is 12.1 Å². The smallest absolute Gasteiger partial charge is 0.245 e. The largest absolute Gasteiger partial charge is 0.324 e. The third kappa shape index (κ3) is 6.84. The highest BCUT2D eigenvalue weighted by molar-refractivity contribution is 7.92. The lowest BCUT2D eigenvalue weighted by molar-refractivity contribution is -0.114. The molecule has 1 N–H and O–H groups in total. The molecule has 6 nitrogen and oxygen atoms in total. The van der Waals surface area contributed by atoms with Gasteiger partial charge in [0.25, 0.3) is 0 Å². The summed E-state index contributed by atoms with van der Waals surface area (Å²) in [4.78, 5) is 25.7. The highest BCUT2D eigenvalue weighted by Gasteiger charge is 2.24. The van der Waals surface area contributed by atoms with Crippen LogP contribution < -0.4 is 9.62 Å². The molecule has 184 valence electrons. The van der Waals surface area contributed by atoms with E-state index in [9.17, 15) is 18.0 Å². The number of anilines is 2. The van der Waals surface area contributed by atoms with Gasteiger partial charge in [0, 0.05) is 21.8 Å². The van der Waals surface area contributed by atoms with E-state index in [1.54, 1.807) is 36.4 Å². The van der Waals surface area contributed by atoms with Gasteiger partial charge in [-0.1, -0.05) is 80.4 Å². The predicted octanol–water partition coefficient (Wildman–Crippen LogP) is 5.93. The van der Waals surface area contributed by atoms with Crippen molar-refractivity contribution in [3.8, 4) is 0 Å². The fraction of sp³-hybridized carbons (Fsp3) is 0.231. The van der Waals surface area contributed by atoms with Crippen molar-refractivity contribution >= 4 is 56.3 Å². The zero-order valence-electron chi connectivity index (χ0n) is 19.8. The molecule has 0 aliphatic carbocycles. The number of benzene rings is 3. The third-order valence-corrected chi connectivity index (χ3v) is 6.97. The van der Waals surface area contributed by atoms with Crippen LogP contribution in [0.25, 0.3) is 0 Å². The number of halogens is 2. The number of nitrogens with zero attached hydrogens (tertiary/aromatic N) is 1. The summed E-state index contributed by atoms with van der Waals surface area (Å²) >= 11 is 12.1. The lowest BCUT2D eigenvalue weighted by Crippen LogP contribution is -2.37. The Morgan fingerprint density at radius 2 is 1.57 bits per heavy atom. The van der Waals surface area contributed by atoms with Crippen LogP contribution in [0.1, 0.15) is 42.3 Å². The van der Waals surface area contributed by atoms with Crippen LogP contribution in [0.15, 0.2) is 66.7 Å². The van der Waals surface area contributed by atoms with Gasteiger partial charge in [0.1, 0.15) is 6.54 Å². The molecule has 0 saturated heterocycles. The van der Waals surface area contributed by atoms with Gasteiger partial charge in [-0.15, -0.1) is 0 Å². The number of nitrogens with one attached hydrogen (secondary N) is 1. The molecule has 3 aromatic rings. The van der Waals surface area contributed by atoms with Gasteiger partial charge in [-0.25, -0.2) is 8.42 Å². The van der Waals surface area contributed by atoms with Crippen molar-refractivity contribution in [1.29, 1.82) is 0 Å². The Bertz CT molecular complexity index is 1360. The first-order valence-corrected chi connectivity index (χ1v) is 13.3. The van der Waals surface area contributed by atoms with E-state index in [4.69, 9.17) is 23.2 Å². The molecule has 0 radical (unpaired) electrons. The van der Waals surface area contributed by atoms with Crippen molar-refractivity contribution in [2.75, 3.05) is 22.4 Å². The summed E-state index contributed by atoms with van der Waals surface area (Å²) in [7, 11) is -3.84. The average Bonchev–Trinajstić information content (AvgIpc) is 2.77. The van der Waals surface area contributed by atoms with Gasteiger partial charge < -0.3 is 5.32 Å². The van der Waals surface area contributed by atoms with Gasteiger partial charge in [-0.2, -0.15) is 0 Å². The molecule has 0 aromatic heterocycles. The molecule has 1 amide bonds. The minimum absolute atomic E-state index is 0.0268. The Hall–Kier alpha value is -2.87. The fourth-order valence-corrected chi connectivity index (χ4v) is 4.71. The SMILES string of the molecule is CC(C)(C)c1ccc(C(=O)c2cccc(NC(=O)CN(c3cc(Cl)ccc3Cl)S(C)(=O)=O)c2)cc1. The summed E-state index contributed by atoms with van der Waals surface area (Å²) in [6.07, 6.45) is 0.974. The van der Waals surface area contributed by atoms with Crippen molar-refractivity contribution in [3.05, 3.63) is 93.5 Å². The van der Waals surface area contributed by atoms with Crippen molar-refractivity contribution < 1.29 is 18.0 Å². The molecule has 9 heteroatoms. The van der Waals surface area contributed by atoms with Crippen LogP contribution in [0, 0.1) is 0 Å². The Labute approximate surface area is 215 Å². The number of carbonyl (C=O) groups is 2. The number of ketones is 1. The van der Waals surface area contributed by atoms with E-state index < -0.39 is 22.5 Å². The maximum absolute atomic E-state index is 13.0. The minimum atomic E-state index is -3.84. The number of sulfonamides is 1. The van der Waals surface area contributed by atoms with Crippen molar-refractivity contribution in [1.82, 2.24) is 0 Å². The summed E-state index contributed by atoms with van der Waals surface area (Å²) < 4.78 is 25.6. The maximum Gasteiger partial charge on any atom is 0.245 e. The molecular formula is C26H26Cl2N2O4S. The molecule has 0 spiro atoms. The van der Waals surface area contributed by atoms with Gasteiger partial charge in [0.05, 0.1) is 17.0 Å². The quantitative estimate of drug-likeness (QED) is 0.382. The summed E-state index contributed by atoms with van der Waals surface area (Å²) in [6.45, 7) is 5.77. The van der Waals surface area contributed by atoms with Crippen molar-refractivity contribution in [2.45, 2.75) is 26.2 Å². The molecule has 3 aromatic carbocycles. The lowest BCUT2D eigenvalue weighted by Gasteiger charge is -2.23. The van der Waals surface area contributed by atoms with Crippen LogP contribution >= 0.6 is 23.2 Å². The van der Waals surface area contributed by atoms with Crippen LogP contribution in [0.3, 0.4) is 0 Å². The molecule has 0 atom stereocenters. The Morgan fingerprint density at radius 3 is 2.17 bits per heavy atom. The second-order valence-corrected chi connectivity index (χ2v) is 11.9. The zero-order valence-corrected chi connectivity index (χ0v) is 22.1. The Morgan fingerprint density at radius 1 is 0.914 bits per heavy atom. The molecule has 0 heterocycles. The summed E-state index contributed by atoms with van der Waals surface area (Å²) in [5, 5.41) is 3.07. The van der Waals surface area contributed by atoms with Gasteiger partial charge in [-0.3, -0.25) is 13.9 Å². The number of carbonyl (C=O) groups excluding carboxylic acids is 2. The second kappa shape index (κ2) is 10.4. The highest BCUT2D eigenvalue weighted by Crippen LogP contribution is 2.30. The van der Waals surface area contributed by atoms with Gasteiger partial charge in [0.2, 0.25) is 15.9 Å². The maximum atomic E-state index is 13.0. The van der Waals surface area contributed by atoms with E-state index in [-0.39, 0.29) is 26.9 Å². The van der Waals surface area contributed by atoms with E-state index in [1.165, 1.54) is 18.2 Å². The van der Waals surface area contributed by atoms with Crippen molar-refractivity contribution in [3.63, 3.8) is 0 Å². The first-order valence-electron chi connectivity index (χ1n) is 10.7. The van der Waals surface area contributed by atoms with Crippen LogP contribution in [-0.4, -0.2) is 32.9 Å². The normalized spacial score (nSPS) is 11.7. The Kier molecular flexibility index (Phi) is 7.94. The molecule has 0 fully saturated rings. The number of hydrogen-bond donors (Lipinski definition) is 1. The van der Waals surface area contributed by atoms with Gasteiger partial charge in [0.15, 0.2) is 5.78 Å². The van der Waals surface area contributed by atoms with E-state index in [2.05, 4.69) is 26.1 Å². The predicted molar refractivity (Wildman–Crippen MR) is 142 cm³/mol. The summed E-state index contributed by atoms with van der Waals surface area (Å²) in [6, 6.07) is 18.3. The van der Waals surface area contributed by atoms with Gasteiger partial charge in [-0.05, 0) is 41.3 Å². The molecule has 3 rings (SSSR count). The third-order valence-electron chi connectivity index (χ3n) is 5.29. The Balaban J connectivity index is 1.79. The average molecular weight is 533 g/mol. The van der Waals surface area contributed by atoms with Crippen LogP contribution in [-0.2, 0) is 20.2 Å². The molecule has 0 aliphatic rings. The monoisotopic (exact) mass is 532 g/mol. The minimum Gasteiger partial charge on any atom is -0.324 e. The first kappa shape index (κ1) is 26.7. The summed E-state index contributed by atoms with van der Waals surface area (Å²) in [5.41, 5.74) is 2.47. The molecular weight excluding hydrogens is 507 g/mol. The lowest BCUT2D eigenvalue weighted by atomic mass is 9.86. The first-order chi connectivity index (χ1) is 16.3. The number of rotatable bonds is 7. The molecule has 0 saturated carbocycles. The number of amides is 1. The summed E-state index contributed by atoms with van der Waals surface area (Å²) in [5.74, 6) is -0.796. The topological polar surface area (TPSA) is 83.6 Å². The zero-order chi connectivity index (χ0) is 26.0. The molecule has 35 heavy (non-hydrogen) atoms. The molecule has 0 unspecified atom stereocenters. The molecule has 0 bridgehead atoms. The highest BCUT2D eigenvalue weighted by atomic mass is 35.5. The van der Waals surface area contributed by atoms with Gasteiger partial charge >= 0.3 is 0 Å². The van der Waals surface area contributed by atoms with E-state index >= 15 is 0 Å². The van der Waals surface area contributed by atoms with E-state index in [0.717, 1.165) is 16.1 Å². The van der Waals surface area contributed by atoms with Crippen LogP contribution in [0.4, 0.5) is 11.4 Å². The fourth-order valence-electron chi connectivity index (χ4n) is 3.42. The van der Waals surface area contributed by atoms with Crippen LogP contribution in [0.5, 0.6) is 0 Å². The number of hydrogen-bond acceptors (Lipinski definition) is 4.